The van der Waals surface area contributed by atoms with Gasteiger partial charge in [0.15, 0.2) is 0 Å². The van der Waals surface area contributed by atoms with Gasteiger partial charge < -0.3 is 10.1 Å². The van der Waals surface area contributed by atoms with Crippen LogP contribution >= 0.6 is 27.5 Å². The van der Waals surface area contributed by atoms with Gasteiger partial charge in [-0.15, -0.1) is 0 Å². The van der Waals surface area contributed by atoms with E-state index in [4.69, 9.17) is 16.3 Å². The van der Waals surface area contributed by atoms with E-state index in [1.54, 1.807) is 0 Å². The zero-order valence-electron chi connectivity index (χ0n) is 11.9. The van der Waals surface area contributed by atoms with Crippen molar-refractivity contribution in [2.45, 2.75) is 25.9 Å². The van der Waals surface area contributed by atoms with Crippen molar-refractivity contribution in [1.82, 2.24) is 0 Å². The first kappa shape index (κ1) is 14.5. The fraction of sp³-hybridized carbons (Fsp3) is 0.500. The number of halogens is 2. The van der Waals surface area contributed by atoms with Gasteiger partial charge in [0.2, 0.25) is 5.91 Å². The van der Waals surface area contributed by atoms with Crippen molar-refractivity contribution >= 4 is 45.1 Å². The fourth-order valence-electron chi connectivity index (χ4n) is 4.37. The summed E-state index contributed by atoms with van der Waals surface area (Å²) in [5.41, 5.74) is 1.52. The molecule has 0 unspecified atom stereocenters. The van der Waals surface area contributed by atoms with Gasteiger partial charge in [-0.3, -0.25) is 9.59 Å². The number of esters is 1. The molecule has 116 valence electrons. The van der Waals surface area contributed by atoms with Crippen molar-refractivity contribution in [2.24, 2.45) is 23.7 Å². The van der Waals surface area contributed by atoms with E-state index in [9.17, 15) is 9.59 Å². The van der Waals surface area contributed by atoms with Crippen molar-refractivity contribution in [3.05, 3.63) is 27.2 Å². The van der Waals surface area contributed by atoms with Gasteiger partial charge in [-0.2, -0.15) is 0 Å². The van der Waals surface area contributed by atoms with Crippen LogP contribution in [0, 0.1) is 30.6 Å². The highest BCUT2D eigenvalue weighted by Gasteiger charge is 2.63. The summed E-state index contributed by atoms with van der Waals surface area (Å²) >= 11 is 9.57. The molecule has 0 radical (unpaired) electrons. The minimum absolute atomic E-state index is 0.0513. The molecule has 2 aliphatic carbocycles. The third kappa shape index (κ3) is 1.95. The largest absolute Gasteiger partial charge is 0.462 e. The van der Waals surface area contributed by atoms with Gasteiger partial charge in [-0.1, -0.05) is 11.6 Å². The van der Waals surface area contributed by atoms with E-state index in [1.807, 2.05) is 19.1 Å². The monoisotopic (exact) mass is 383 g/mol. The molecule has 1 N–H and O–H groups in total. The standard InChI is InChI=1S/C16H15BrClNO3/c1-6-10(3-2-9(17)14(6)18)19-15(20)12-7-4-8-11(5-7)22-16(21)13(8)12/h2-3,7-8,11-13H,4-5H2,1H3,(H,19,20)/t7-,8+,11+,12-,13+/m1/s1. The van der Waals surface area contributed by atoms with Gasteiger partial charge in [0.1, 0.15) is 6.10 Å². The molecule has 4 nitrogen and oxygen atoms in total. The van der Waals surface area contributed by atoms with Crippen LogP contribution in [0.5, 0.6) is 0 Å². The van der Waals surface area contributed by atoms with Gasteiger partial charge in [0.05, 0.1) is 16.9 Å². The molecule has 3 fully saturated rings. The van der Waals surface area contributed by atoms with Crippen LogP contribution in [-0.2, 0) is 14.3 Å². The molecule has 5 atom stereocenters. The topological polar surface area (TPSA) is 55.4 Å². The molecule has 1 aromatic carbocycles. The Morgan fingerprint density at radius 3 is 2.95 bits per heavy atom. The normalized spacial score (nSPS) is 34.9. The number of amides is 1. The summed E-state index contributed by atoms with van der Waals surface area (Å²) < 4.78 is 6.18. The Balaban J connectivity index is 1.59. The zero-order chi connectivity index (χ0) is 15.6. The van der Waals surface area contributed by atoms with Crippen LogP contribution < -0.4 is 5.32 Å². The highest BCUT2D eigenvalue weighted by Crippen LogP contribution is 2.57. The molecule has 1 saturated heterocycles. The molecule has 0 aromatic heterocycles. The van der Waals surface area contributed by atoms with Gasteiger partial charge in [-0.25, -0.2) is 0 Å². The maximum atomic E-state index is 12.7. The lowest BCUT2D eigenvalue weighted by atomic mass is 9.79. The molecule has 3 aliphatic rings. The minimum atomic E-state index is -0.266. The number of benzene rings is 1. The third-order valence-corrected chi connectivity index (χ3v) is 6.76. The molecule has 2 bridgehead atoms. The van der Waals surface area contributed by atoms with E-state index in [0.29, 0.717) is 10.7 Å². The Hall–Kier alpha value is -1.07. The molecule has 22 heavy (non-hydrogen) atoms. The number of carbonyl (C=O) groups is 2. The number of nitrogens with one attached hydrogen (secondary N) is 1. The fourth-order valence-corrected chi connectivity index (χ4v) is 4.96. The molecule has 0 spiro atoms. The maximum Gasteiger partial charge on any atom is 0.310 e. The second-order valence-electron chi connectivity index (χ2n) is 6.45. The van der Waals surface area contributed by atoms with Crippen molar-refractivity contribution in [2.75, 3.05) is 5.32 Å². The maximum absolute atomic E-state index is 12.7. The number of carbonyl (C=O) groups excluding carboxylic acids is 2. The van der Waals surface area contributed by atoms with Crippen LogP contribution in [0.3, 0.4) is 0 Å². The van der Waals surface area contributed by atoms with Crippen molar-refractivity contribution < 1.29 is 14.3 Å². The summed E-state index contributed by atoms with van der Waals surface area (Å²) in [6.45, 7) is 1.86. The average Bonchev–Trinajstić information content (AvgIpc) is 3.09. The van der Waals surface area contributed by atoms with Gasteiger partial charge >= 0.3 is 5.97 Å². The Bertz CT molecular complexity index is 690. The second-order valence-corrected chi connectivity index (χ2v) is 7.68. The summed E-state index contributed by atoms with van der Waals surface area (Å²) in [5.74, 6) is -0.300. The second kappa shape index (κ2) is 4.96. The average molecular weight is 385 g/mol. The van der Waals surface area contributed by atoms with Gasteiger partial charge in [-0.05, 0) is 59.3 Å². The van der Waals surface area contributed by atoms with Crippen LogP contribution in [0.25, 0.3) is 0 Å². The lowest BCUT2D eigenvalue weighted by molar-refractivity contribution is -0.145. The van der Waals surface area contributed by atoms with E-state index >= 15 is 0 Å². The third-order valence-electron chi connectivity index (χ3n) is 5.38. The number of fused-ring (bicyclic) bond motifs is 1. The summed E-state index contributed by atoms with van der Waals surface area (Å²) in [7, 11) is 0. The quantitative estimate of drug-likeness (QED) is 0.793. The Morgan fingerprint density at radius 2 is 2.18 bits per heavy atom. The van der Waals surface area contributed by atoms with Crippen molar-refractivity contribution in [3.8, 4) is 0 Å². The number of rotatable bonds is 2. The highest BCUT2D eigenvalue weighted by molar-refractivity contribution is 9.10. The number of hydrogen-bond donors (Lipinski definition) is 1. The van der Waals surface area contributed by atoms with E-state index in [-0.39, 0.29) is 41.7 Å². The summed E-state index contributed by atoms with van der Waals surface area (Å²) in [4.78, 5) is 24.7. The van der Waals surface area contributed by atoms with Crippen LogP contribution in [0.4, 0.5) is 5.69 Å². The molecule has 1 aliphatic heterocycles. The minimum Gasteiger partial charge on any atom is -0.462 e. The molecule has 1 amide bonds. The molecular weight excluding hydrogens is 370 g/mol. The number of anilines is 1. The number of hydrogen-bond acceptors (Lipinski definition) is 3. The first-order valence-corrected chi connectivity index (χ1v) is 8.60. The molecule has 4 rings (SSSR count). The lowest BCUT2D eigenvalue weighted by Gasteiger charge is -2.24. The summed E-state index contributed by atoms with van der Waals surface area (Å²) in [5, 5.41) is 3.55. The smallest absolute Gasteiger partial charge is 0.310 e. The van der Waals surface area contributed by atoms with Crippen LogP contribution in [0.1, 0.15) is 18.4 Å². The molecule has 2 saturated carbocycles. The predicted octanol–water partition coefficient (Wildman–Crippen LogP) is 3.55. The molecule has 6 heteroatoms. The first-order valence-electron chi connectivity index (χ1n) is 7.43. The zero-order valence-corrected chi connectivity index (χ0v) is 14.3. The SMILES string of the molecule is Cc1c(NC(=O)[C@@H]2[C@@H]3C[C@@H]4[C@@H]2C(=O)O[C@H]4C3)ccc(Br)c1Cl. The van der Waals surface area contributed by atoms with E-state index in [2.05, 4.69) is 21.2 Å². The summed E-state index contributed by atoms with van der Waals surface area (Å²) in [6.07, 6.45) is 1.81. The van der Waals surface area contributed by atoms with E-state index < -0.39 is 0 Å². The lowest BCUT2D eigenvalue weighted by Crippen LogP contribution is -2.36. The summed E-state index contributed by atoms with van der Waals surface area (Å²) in [6, 6.07) is 3.64. The van der Waals surface area contributed by atoms with Crippen LogP contribution in [-0.4, -0.2) is 18.0 Å². The van der Waals surface area contributed by atoms with Gasteiger partial charge in [0, 0.05) is 16.1 Å². The Kier molecular flexibility index (Phi) is 3.28. The first-order chi connectivity index (χ1) is 10.5. The highest BCUT2D eigenvalue weighted by atomic mass is 79.9. The Labute approximate surface area is 141 Å². The van der Waals surface area contributed by atoms with E-state index in [0.717, 1.165) is 22.9 Å². The van der Waals surface area contributed by atoms with E-state index in [1.165, 1.54) is 0 Å². The predicted molar refractivity (Wildman–Crippen MR) is 85.6 cm³/mol. The van der Waals surface area contributed by atoms with Gasteiger partial charge in [0.25, 0.3) is 0 Å². The number of ether oxygens (including phenoxy) is 1. The van der Waals surface area contributed by atoms with Crippen LogP contribution in [0.15, 0.2) is 16.6 Å². The van der Waals surface area contributed by atoms with Crippen molar-refractivity contribution in [1.29, 1.82) is 0 Å². The van der Waals surface area contributed by atoms with Crippen molar-refractivity contribution in [3.63, 3.8) is 0 Å². The molecular formula is C16H15BrClNO3. The Morgan fingerprint density at radius 1 is 1.41 bits per heavy atom. The molecule has 1 heterocycles. The van der Waals surface area contributed by atoms with Crippen LogP contribution in [0.2, 0.25) is 5.02 Å². The molecule has 1 aromatic rings.